The molecule has 1 aliphatic heterocycles. The van der Waals surface area contributed by atoms with E-state index in [1.807, 2.05) is 0 Å². The van der Waals surface area contributed by atoms with Gasteiger partial charge in [0.25, 0.3) is 0 Å². The first kappa shape index (κ1) is 13.8. The molecule has 0 aliphatic carbocycles. The lowest BCUT2D eigenvalue weighted by atomic mass is 10.0. The molecule has 1 heterocycles. The fourth-order valence-corrected chi connectivity index (χ4v) is 3.24. The minimum absolute atomic E-state index is 0.213. The maximum absolute atomic E-state index is 8.87. The summed E-state index contributed by atoms with van der Waals surface area (Å²) in [4.78, 5) is 2.42. The molecule has 1 aromatic rings. The molecular formula is C14H21BrN2O. The Balaban J connectivity index is 2.03. The van der Waals surface area contributed by atoms with Gasteiger partial charge in [-0.05, 0) is 53.4 Å². The normalized spacial score (nSPS) is 20.2. The molecular weight excluding hydrogens is 292 g/mol. The summed E-state index contributed by atoms with van der Waals surface area (Å²) in [7, 11) is 0. The zero-order chi connectivity index (χ0) is 13.0. The second-order valence-electron chi connectivity index (χ2n) is 4.92. The third kappa shape index (κ3) is 3.46. The van der Waals surface area contributed by atoms with Crippen molar-refractivity contribution in [3.63, 3.8) is 0 Å². The van der Waals surface area contributed by atoms with Crippen molar-refractivity contribution >= 4 is 21.6 Å². The van der Waals surface area contributed by atoms with Crippen LogP contribution in [0.3, 0.4) is 0 Å². The summed E-state index contributed by atoms with van der Waals surface area (Å²) in [5.74, 6) is 0. The van der Waals surface area contributed by atoms with Crippen molar-refractivity contribution in [1.29, 1.82) is 0 Å². The molecule has 2 N–H and O–H groups in total. The largest absolute Gasteiger partial charge is 0.395 e. The van der Waals surface area contributed by atoms with E-state index >= 15 is 0 Å². The molecule has 1 aliphatic rings. The topological polar surface area (TPSA) is 35.5 Å². The van der Waals surface area contributed by atoms with Crippen molar-refractivity contribution in [3.8, 4) is 0 Å². The van der Waals surface area contributed by atoms with Gasteiger partial charge in [-0.15, -0.1) is 0 Å². The van der Waals surface area contributed by atoms with Crippen LogP contribution in [-0.4, -0.2) is 37.4 Å². The average Bonchev–Trinajstić information content (AvgIpc) is 2.36. The van der Waals surface area contributed by atoms with Crippen molar-refractivity contribution < 1.29 is 5.11 Å². The van der Waals surface area contributed by atoms with E-state index in [9.17, 15) is 0 Å². The highest BCUT2D eigenvalue weighted by atomic mass is 79.9. The van der Waals surface area contributed by atoms with Gasteiger partial charge in [-0.1, -0.05) is 6.07 Å². The number of aryl methyl sites for hydroxylation is 1. The van der Waals surface area contributed by atoms with E-state index in [0.717, 1.165) is 13.1 Å². The summed E-state index contributed by atoms with van der Waals surface area (Å²) < 4.78 is 1.17. The van der Waals surface area contributed by atoms with Crippen LogP contribution in [0.4, 0.5) is 5.69 Å². The number of nitrogens with zero attached hydrogens (tertiary/aromatic N) is 1. The predicted octanol–water partition coefficient (Wildman–Crippen LogP) is 2.31. The van der Waals surface area contributed by atoms with Gasteiger partial charge in [-0.3, -0.25) is 0 Å². The van der Waals surface area contributed by atoms with E-state index in [0.29, 0.717) is 12.6 Å². The molecule has 1 fully saturated rings. The number of hydrogen-bond donors (Lipinski definition) is 2. The molecule has 4 heteroatoms. The first-order chi connectivity index (χ1) is 8.70. The summed E-state index contributed by atoms with van der Waals surface area (Å²) in [6.45, 7) is 5.13. The molecule has 0 spiro atoms. The van der Waals surface area contributed by atoms with E-state index in [1.54, 1.807) is 0 Å². The number of halogens is 1. The van der Waals surface area contributed by atoms with Crippen LogP contribution in [0.5, 0.6) is 0 Å². The SMILES string of the molecule is Cc1ccc(N2CCCC(NCCO)C2)c(Br)c1. The van der Waals surface area contributed by atoms with E-state index in [4.69, 9.17) is 5.11 Å². The molecule has 1 unspecified atom stereocenters. The van der Waals surface area contributed by atoms with Crippen LogP contribution >= 0.6 is 15.9 Å². The van der Waals surface area contributed by atoms with Gasteiger partial charge in [0.2, 0.25) is 0 Å². The molecule has 0 radical (unpaired) electrons. The zero-order valence-corrected chi connectivity index (χ0v) is 12.4. The van der Waals surface area contributed by atoms with Crippen molar-refractivity contribution in [2.45, 2.75) is 25.8 Å². The van der Waals surface area contributed by atoms with Gasteiger partial charge in [-0.25, -0.2) is 0 Å². The molecule has 18 heavy (non-hydrogen) atoms. The second-order valence-corrected chi connectivity index (χ2v) is 5.77. The number of aliphatic hydroxyl groups excluding tert-OH is 1. The van der Waals surface area contributed by atoms with Gasteiger partial charge in [0, 0.05) is 30.1 Å². The van der Waals surface area contributed by atoms with Crippen molar-refractivity contribution in [2.75, 3.05) is 31.1 Å². The van der Waals surface area contributed by atoms with Crippen LogP contribution in [0, 0.1) is 6.92 Å². The molecule has 1 atom stereocenters. The number of piperidine rings is 1. The Morgan fingerprint density at radius 1 is 1.50 bits per heavy atom. The Labute approximate surface area is 117 Å². The van der Waals surface area contributed by atoms with E-state index < -0.39 is 0 Å². The van der Waals surface area contributed by atoms with Gasteiger partial charge in [0.1, 0.15) is 0 Å². The Morgan fingerprint density at radius 2 is 2.33 bits per heavy atom. The third-order valence-electron chi connectivity index (χ3n) is 3.41. The maximum atomic E-state index is 8.87. The molecule has 1 saturated heterocycles. The van der Waals surface area contributed by atoms with Gasteiger partial charge < -0.3 is 15.3 Å². The van der Waals surface area contributed by atoms with Crippen LogP contribution in [0.25, 0.3) is 0 Å². The van der Waals surface area contributed by atoms with Crippen molar-refractivity contribution in [1.82, 2.24) is 5.32 Å². The van der Waals surface area contributed by atoms with Crippen LogP contribution in [0.1, 0.15) is 18.4 Å². The quantitative estimate of drug-likeness (QED) is 0.895. The summed E-state index contributed by atoms with van der Waals surface area (Å²) in [6, 6.07) is 7.00. The Kier molecular flexibility index (Phi) is 5.03. The number of anilines is 1. The number of rotatable bonds is 4. The molecule has 0 bridgehead atoms. The highest BCUT2D eigenvalue weighted by molar-refractivity contribution is 9.10. The zero-order valence-electron chi connectivity index (χ0n) is 10.8. The minimum atomic E-state index is 0.213. The van der Waals surface area contributed by atoms with Gasteiger partial charge >= 0.3 is 0 Å². The van der Waals surface area contributed by atoms with Crippen molar-refractivity contribution in [3.05, 3.63) is 28.2 Å². The first-order valence-electron chi connectivity index (χ1n) is 6.56. The Morgan fingerprint density at radius 3 is 3.06 bits per heavy atom. The minimum Gasteiger partial charge on any atom is -0.395 e. The maximum Gasteiger partial charge on any atom is 0.0556 e. The molecule has 0 saturated carbocycles. The number of hydrogen-bond acceptors (Lipinski definition) is 3. The van der Waals surface area contributed by atoms with Gasteiger partial charge in [0.15, 0.2) is 0 Å². The summed E-state index contributed by atoms with van der Waals surface area (Å²) in [5, 5.41) is 12.3. The predicted molar refractivity (Wildman–Crippen MR) is 79.2 cm³/mol. The smallest absolute Gasteiger partial charge is 0.0556 e. The van der Waals surface area contributed by atoms with Gasteiger partial charge in [0.05, 0.1) is 12.3 Å². The number of nitrogens with one attached hydrogen (secondary N) is 1. The lowest BCUT2D eigenvalue weighted by molar-refractivity contribution is 0.278. The fourth-order valence-electron chi connectivity index (χ4n) is 2.50. The average molecular weight is 313 g/mol. The van der Waals surface area contributed by atoms with Crippen LogP contribution in [-0.2, 0) is 0 Å². The van der Waals surface area contributed by atoms with Crippen LogP contribution in [0.2, 0.25) is 0 Å². The molecule has 0 amide bonds. The van der Waals surface area contributed by atoms with Crippen molar-refractivity contribution in [2.24, 2.45) is 0 Å². The lowest BCUT2D eigenvalue weighted by Crippen LogP contribution is -2.46. The standard InChI is InChI=1S/C14H21BrN2O/c1-11-4-5-14(13(15)9-11)17-7-2-3-12(10-17)16-6-8-18/h4-5,9,12,16,18H,2-3,6-8,10H2,1H3. The lowest BCUT2D eigenvalue weighted by Gasteiger charge is -2.35. The van der Waals surface area contributed by atoms with E-state index in [-0.39, 0.29) is 6.61 Å². The molecule has 2 rings (SSSR count). The summed E-state index contributed by atoms with van der Waals surface area (Å²) >= 11 is 3.65. The Hall–Kier alpha value is -0.580. The molecule has 1 aromatic carbocycles. The monoisotopic (exact) mass is 312 g/mol. The highest BCUT2D eigenvalue weighted by Gasteiger charge is 2.20. The third-order valence-corrected chi connectivity index (χ3v) is 4.05. The highest BCUT2D eigenvalue weighted by Crippen LogP contribution is 2.29. The fraction of sp³-hybridized carbons (Fsp3) is 0.571. The van der Waals surface area contributed by atoms with Crippen LogP contribution in [0.15, 0.2) is 22.7 Å². The number of aliphatic hydroxyl groups is 1. The molecule has 0 aromatic heterocycles. The van der Waals surface area contributed by atoms with Gasteiger partial charge in [-0.2, -0.15) is 0 Å². The van der Waals surface area contributed by atoms with Crippen LogP contribution < -0.4 is 10.2 Å². The number of benzene rings is 1. The van der Waals surface area contributed by atoms with E-state index in [1.165, 1.54) is 28.6 Å². The summed E-state index contributed by atoms with van der Waals surface area (Å²) in [6.07, 6.45) is 2.39. The Bertz CT molecular complexity index is 397. The molecule has 100 valence electrons. The summed E-state index contributed by atoms with van der Waals surface area (Å²) in [5.41, 5.74) is 2.55. The first-order valence-corrected chi connectivity index (χ1v) is 7.35. The second kappa shape index (κ2) is 6.55. The molecule has 3 nitrogen and oxygen atoms in total. The van der Waals surface area contributed by atoms with E-state index in [2.05, 4.69) is 51.3 Å².